The number of hydrogen-bond acceptors (Lipinski definition) is 4. The molecule has 1 aliphatic rings. The van der Waals surface area contributed by atoms with Gasteiger partial charge in [-0.3, -0.25) is 0 Å². The molecule has 8 heteroatoms. The Kier molecular flexibility index (Phi) is 4.90. The number of hydrogen-bond donors (Lipinski definition) is 0. The quantitative estimate of drug-likeness (QED) is 0.798. The maximum Gasteiger partial charge on any atom is 0.252 e. The normalized spacial score (nSPS) is 16.7. The van der Waals surface area contributed by atoms with Crippen LogP contribution in [0.2, 0.25) is 10.0 Å². The lowest BCUT2D eigenvalue weighted by Gasteiger charge is -2.35. The minimum absolute atomic E-state index is 0.402. The molecular weight excluding hydrogens is 375 g/mol. The van der Waals surface area contributed by atoms with Gasteiger partial charge < -0.3 is 4.90 Å². The van der Waals surface area contributed by atoms with Crippen LogP contribution in [-0.2, 0) is 10.0 Å². The third-order valence-corrected chi connectivity index (χ3v) is 7.78. The van der Waals surface area contributed by atoms with E-state index in [1.165, 1.54) is 15.6 Å². The van der Waals surface area contributed by atoms with Crippen LogP contribution in [0, 0.1) is 6.92 Å². The first-order valence-electron chi connectivity index (χ1n) is 7.15. The van der Waals surface area contributed by atoms with Gasteiger partial charge in [0.25, 0.3) is 10.0 Å². The van der Waals surface area contributed by atoms with Crippen LogP contribution in [0.1, 0.15) is 4.88 Å². The number of nitrogens with zero attached hydrogens (tertiary/aromatic N) is 2. The number of benzene rings is 1. The number of anilines is 1. The lowest BCUT2D eigenvalue weighted by molar-refractivity contribution is 0.386. The first-order valence-corrected chi connectivity index (χ1v) is 10.2. The van der Waals surface area contributed by atoms with E-state index in [1.54, 1.807) is 24.3 Å². The first-order chi connectivity index (χ1) is 10.9. The van der Waals surface area contributed by atoms with E-state index in [1.807, 2.05) is 17.9 Å². The molecule has 0 bridgehead atoms. The zero-order valence-corrected chi connectivity index (χ0v) is 15.6. The summed E-state index contributed by atoms with van der Waals surface area (Å²) >= 11 is 13.8. The Labute approximate surface area is 150 Å². The van der Waals surface area contributed by atoms with Gasteiger partial charge in [-0.25, -0.2) is 8.42 Å². The summed E-state index contributed by atoms with van der Waals surface area (Å²) in [5.74, 6) is 0. The summed E-state index contributed by atoms with van der Waals surface area (Å²) in [5.41, 5.74) is 0.778. The topological polar surface area (TPSA) is 40.6 Å². The van der Waals surface area contributed by atoms with Crippen LogP contribution in [0.15, 0.2) is 34.5 Å². The van der Waals surface area contributed by atoms with Gasteiger partial charge in [-0.15, -0.1) is 11.3 Å². The monoisotopic (exact) mass is 390 g/mol. The molecule has 2 aromatic rings. The van der Waals surface area contributed by atoms with Crippen LogP contribution in [0.3, 0.4) is 0 Å². The van der Waals surface area contributed by atoms with Crippen molar-refractivity contribution in [1.29, 1.82) is 0 Å². The first kappa shape index (κ1) is 17.0. The van der Waals surface area contributed by atoms with Crippen molar-refractivity contribution in [3.8, 4) is 0 Å². The number of thiophene rings is 1. The molecule has 124 valence electrons. The van der Waals surface area contributed by atoms with Crippen molar-refractivity contribution in [3.05, 3.63) is 45.3 Å². The Morgan fingerprint density at radius 2 is 1.61 bits per heavy atom. The molecule has 0 spiro atoms. The van der Waals surface area contributed by atoms with Crippen molar-refractivity contribution in [1.82, 2.24) is 4.31 Å². The minimum atomic E-state index is -3.41. The van der Waals surface area contributed by atoms with Crippen LogP contribution in [0.4, 0.5) is 5.69 Å². The summed E-state index contributed by atoms with van der Waals surface area (Å²) < 4.78 is 27.2. The van der Waals surface area contributed by atoms with Gasteiger partial charge in [0.1, 0.15) is 4.21 Å². The summed E-state index contributed by atoms with van der Waals surface area (Å²) in [6, 6.07) is 8.89. The molecule has 3 rings (SSSR count). The Bertz CT molecular complexity index is 792. The maximum absolute atomic E-state index is 12.6. The van der Waals surface area contributed by atoms with Gasteiger partial charge in [0.05, 0.1) is 15.7 Å². The number of piperazine rings is 1. The predicted molar refractivity (Wildman–Crippen MR) is 96.5 cm³/mol. The molecule has 23 heavy (non-hydrogen) atoms. The van der Waals surface area contributed by atoms with Crippen molar-refractivity contribution in [2.75, 3.05) is 31.1 Å². The summed E-state index contributed by atoms with van der Waals surface area (Å²) in [4.78, 5) is 3.03. The average Bonchev–Trinajstić information content (AvgIpc) is 2.95. The molecule has 1 fully saturated rings. The molecule has 0 unspecified atom stereocenters. The standard InChI is InChI=1S/C15H16Cl2N2O2S2/c1-11-5-6-14(22-11)23(20,21)19-9-7-18(8-10-19)15-12(16)3-2-4-13(15)17/h2-6H,7-10H2,1H3. The largest absolute Gasteiger partial charge is 0.366 e. The van der Waals surface area contributed by atoms with E-state index in [0.717, 1.165) is 10.6 Å². The van der Waals surface area contributed by atoms with Crippen molar-refractivity contribution in [2.45, 2.75) is 11.1 Å². The molecule has 1 aromatic carbocycles. The zero-order valence-electron chi connectivity index (χ0n) is 12.5. The lowest BCUT2D eigenvalue weighted by atomic mass is 10.2. The highest BCUT2D eigenvalue weighted by Gasteiger charge is 2.30. The molecule has 1 aromatic heterocycles. The van der Waals surface area contributed by atoms with Crippen molar-refractivity contribution in [3.63, 3.8) is 0 Å². The van der Waals surface area contributed by atoms with Crippen LogP contribution in [0.25, 0.3) is 0 Å². The van der Waals surface area contributed by atoms with E-state index < -0.39 is 10.0 Å². The van der Waals surface area contributed by atoms with Gasteiger partial charge in [-0.1, -0.05) is 29.3 Å². The molecule has 1 saturated heterocycles. The molecule has 0 radical (unpaired) electrons. The molecule has 0 saturated carbocycles. The van der Waals surface area contributed by atoms with Gasteiger partial charge in [0.2, 0.25) is 0 Å². The molecule has 0 aliphatic carbocycles. The number of halogens is 2. The van der Waals surface area contributed by atoms with Crippen LogP contribution >= 0.6 is 34.5 Å². The van der Waals surface area contributed by atoms with E-state index in [4.69, 9.17) is 23.2 Å². The summed E-state index contributed by atoms with van der Waals surface area (Å²) in [6.07, 6.45) is 0. The zero-order chi connectivity index (χ0) is 16.6. The number of rotatable bonds is 3. The maximum atomic E-state index is 12.6. The second-order valence-corrected chi connectivity index (χ2v) is 9.59. The molecule has 0 amide bonds. The highest BCUT2D eigenvalue weighted by Crippen LogP contribution is 2.34. The van der Waals surface area contributed by atoms with Gasteiger partial charge in [0, 0.05) is 31.1 Å². The molecule has 0 N–H and O–H groups in total. The fraction of sp³-hybridized carbons (Fsp3) is 0.333. The van der Waals surface area contributed by atoms with E-state index >= 15 is 0 Å². The Hall–Kier alpha value is -0.790. The summed E-state index contributed by atoms with van der Waals surface area (Å²) in [5, 5.41) is 1.17. The van der Waals surface area contributed by atoms with E-state index in [2.05, 4.69) is 0 Å². The van der Waals surface area contributed by atoms with Gasteiger partial charge in [0.15, 0.2) is 0 Å². The Morgan fingerprint density at radius 3 is 2.13 bits per heavy atom. The third-order valence-electron chi connectivity index (χ3n) is 3.80. The number of aryl methyl sites for hydroxylation is 1. The van der Waals surface area contributed by atoms with Crippen molar-refractivity contribution < 1.29 is 8.42 Å². The van der Waals surface area contributed by atoms with Gasteiger partial charge in [-0.2, -0.15) is 4.31 Å². The summed E-state index contributed by atoms with van der Waals surface area (Å²) in [6.45, 7) is 3.86. The molecule has 1 aliphatic heterocycles. The van der Waals surface area contributed by atoms with Crippen LogP contribution < -0.4 is 4.90 Å². The van der Waals surface area contributed by atoms with E-state index in [0.29, 0.717) is 40.4 Å². The van der Waals surface area contributed by atoms with Crippen LogP contribution in [0.5, 0.6) is 0 Å². The lowest BCUT2D eigenvalue weighted by Crippen LogP contribution is -2.48. The number of sulfonamides is 1. The third kappa shape index (κ3) is 3.37. The second kappa shape index (κ2) is 6.61. The fourth-order valence-corrected chi connectivity index (χ4v) is 6.12. The highest BCUT2D eigenvalue weighted by atomic mass is 35.5. The Morgan fingerprint density at radius 1 is 1.00 bits per heavy atom. The van der Waals surface area contributed by atoms with Gasteiger partial charge >= 0.3 is 0 Å². The average molecular weight is 391 g/mol. The molecule has 4 nitrogen and oxygen atoms in total. The van der Waals surface area contributed by atoms with Crippen LogP contribution in [-0.4, -0.2) is 38.9 Å². The predicted octanol–water partition coefficient (Wildman–Crippen LogP) is 3.87. The van der Waals surface area contributed by atoms with Crippen molar-refractivity contribution >= 4 is 50.2 Å². The molecular formula is C15H16Cl2N2O2S2. The highest BCUT2D eigenvalue weighted by molar-refractivity contribution is 7.91. The van der Waals surface area contributed by atoms with E-state index in [-0.39, 0.29) is 0 Å². The Balaban J connectivity index is 1.76. The smallest absolute Gasteiger partial charge is 0.252 e. The SMILES string of the molecule is Cc1ccc(S(=O)(=O)N2CCN(c3c(Cl)cccc3Cl)CC2)s1. The second-order valence-electron chi connectivity index (χ2n) is 5.33. The number of para-hydroxylation sites is 1. The summed E-state index contributed by atoms with van der Waals surface area (Å²) in [7, 11) is -3.41. The fourth-order valence-electron chi connectivity index (χ4n) is 2.62. The van der Waals surface area contributed by atoms with E-state index in [9.17, 15) is 8.42 Å². The minimum Gasteiger partial charge on any atom is -0.366 e. The van der Waals surface area contributed by atoms with Crippen molar-refractivity contribution in [2.24, 2.45) is 0 Å². The van der Waals surface area contributed by atoms with Gasteiger partial charge in [-0.05, 0) is 31.2 Å². The molecule has 0 atom stereocenters. The molecule has 2 heterocycles.